The average molecular weight is 293 g/mol. The summed E-state index contributed by atoms with van der Waals surface area (Å²) in [6.07, 6.45) is -0.295. The number of aliphatic hydroxyl groups excluding tert-OH is 2. The third-order valence-electron chi connectivity index (χ3n) is 3.01. The van der Waals surface area contributed by atoms with E-state index in [-0.39, 0.29) is 13.0 Å². The van der Waals surface area contributed by atoms with E-state index in [9.17, 15) is 10.2 Å². The lowest BCUT2D eigenvalue weighted by Crippen LogP contribution is -2.19. The number of aliphatic hydroxyl groups is 2. The van der Waals surface area contributed by atoms with Gasteiger partial charge in [0, 0.05) is 23.0 Å². The second kappa shape index (κ2) is 6.54. The first-order valence-electron chi connectivity index (χ1n) is 6.04. The largest absolute Gasteiger partial charge is 0.390 e. The molecule has 1 aromatic heterocycles. The summed E-state index contributed by atoms with van der Waals surface area (Å²) in [6.45, 7) is 0.131. The summed E-state index contributed by atoms with van der Waals surface area (Å²) in [4.78, 5) is 6.77. The fourth-order valence-electron chi connectivity index (χ4n) is 1.93. The molecule has 0 saturated heterocycles. The quantitative estimate of drug-likeness (QED) is 0.503. The molecule has 0 amide bonds. The SMILES string of the molecule is [N-]=[N+]=NCCC(O)C(O)c1ccc2c(Cl)ccnc2c1. The Hall–Kier alpha value is -1.85. The number of aromatic nitrogens is 1. The van der Waals surface area contributed by atoms with E-state index in [4.69, 9.17) is 17.1 Å². The van der Waals surface area contributed by atoms with E-state index >= 15 is 0 Å². The molecule has 0 aliphatic carbocycles. The molecule has 0 radical (unpaired) electrons. The molecule has 2 unspecified atom stereocenters. The van der Waals surface area contributed by atoms with Crippen molar-refractivity contribution in [3.63, 3.8) is 0 Å². The van der Waals surface area contributed by atoms with Crippen molar-refractivity contribution in [3.8, 4) is 0 Å². The molecule has 0 fully saturated rings. The number of fused-ring (bicyclic) bond motifs is 1. The van der Waals surface area contributed by atoms with Crippen molar-refractivity contribution in [2.45, 2.75) is 18.6 Å². The number of azide groups is 1. The van der Waals surface area contributed by atoms with Crippen molar-refractivity contribution in [2.75, 3.05) is 6.54 Å². The van der Waals surface area contributed by atoms with Crippen LogP contribution in [-0.4, -0.2) is 27.8 Å². The number of pyridine rings is 1. The van der Waals surface area contributed by atoms with E-state index in [1.165, 1.54) is 0 Å². The Morgan fingerprint density at radius 3 is 2.90 bits per heavy atom. The molecule has 20 heavy (non-hydrogen) atoms. The van der Waals surface area contributed by atoms with Gasteiger partial charge in [0.05, 0.1) is 16.6 Å². The van der Waals surface area contributed by atoms with E-state index in [2.05, 4.69) is 15.0 Å². The highest BCUT2D eigenvalue weighted by atomic mass is 35.5. The Bertz CT molecular complexity index is 658. The molecule has 104 valence electrons. The van der Waals surface area contributed by atoms with Gasteiger partial charge in [0.1, 0.15) is 6.10 Å². The van der Waals surface area contributed by atoms with Crippen molar-refractivity contribution in [1.82, 2.24) is 4.98 Å². The first-order chi connectivity index (χ1) is 9.63. The summed E-state index contributed by atoms with van der Waals surface area (Å²) in [6, 6.07) is 6.82. The van der Waals surface area contributed by atoms with Gasteiger partial charge >= 0.3 is 0 Å². The van der Waals surface area contributed by atoms with Crippen molar-refractivity contribution < 1.29 is 10.2 Å². The second-order valence-corrected chi connectivity index (χ2v) is 4.73. The van der Waals surface area contributed by atoms with Crippen molar-refractivity contribution >= 4 is 22.5 Å². The summed E-state index contributed by atoms with van der Waals surface area (Å²) in [5.74, 6) is 0. The number of halogens is 1. The first-order valence-corrected chi connectivity index (χ1v) is 6.42. The smallest absolute Gasteiger partial charge is 0.105 e. The Kier molecular flexibility index (Phi) is 4.76. The predicted molar refractivity (Wildman–Crippen MR) is 76.3 cm³/mol. The second-order valence-electron chi connectivity index (χ2n) is 4.32. The van der Waals surface area contributed by atoms with Crippen LogP contribution in [0, 0.1) is 0 Å². The van der Waals surface area contributed by atoms with E-state index in [0.29, 0.717) is 16.1 Å². The number of nitrogens with zero attached hydrogens (tertiary/aromatic N) is 4. The molecule has 2 N–H and O–H groups in total. The minimum Gasteiger partial charge on any atom is -0.390 e. The summed E-state index contributed by atoms with van der Waals surface area (Å²) < 4.78 is 0. The van der Waals surface area contributed by atoms with E-state index in [0.717, 1.165) is 5.39 Å². The van der Waals surface area contributed by atoms with Crippen LogP contribution in [0.1, 0.15) is 18.1 Å². The number of hydrogen-bond acceptors (Lipinski definition) is 4. The van der Waals surface area contributed by atoms with Crippen LogP contribution in [-0.2, 0) is 0 Å². The van der Waals surface area contributed by atoms with Gasteiger partial charge < -0.3 is 10.2 Å². The monoisotopic (exact) mass is 292 g/mol. The molecular formula is C13H13ClN4O2. The third-order valence-corrected chi connectivity index (χ3v) is 3.34. The minimum absolute atomic E-state index is 0.131. The Morgan fingerprint density at radius 2 is 2.15 bits per heavy atom. The van der Waals surface area contributed by atoms with Crippen LogP contribution < -0.4 is 0 Å². The zero-order valence-corrected chi connectivity index (χ0v) is 11.3. The summed E-state index contributed by atoms with van der Waals surface area (Å²) in [7, 11) is 0. The predicted octanol–water partition coefficient (Wildman–Crippen LogP) is 2.98. The van der Waals surface area contributed by atoms with Crippen LogP contribution in [0.25, 0.3) is 21.3 Å². The third kappa shape index (κ3) is 3.18. The molecule has 2 atom stereocenters. The fraction of sp³-hybridized carbons (Fsp3) is 0.308. The van der Waals surface area contributed by atoms with Crippen LogP contribution in [0.3, 0.4) is 0 Å². The van der Waals surface area contributed by atoms with Gasteiger partial charge in [-0.2, -0.15) is 0 Å². The molecule has 2 rings (SSSR count). The van der Waals surface area contributed by atoms with E-state index < -0.39 is 12.2 Å². The summed E-state index contributed by atoms with van der Waals surface area (Å²) >= 11 is 6.04. The standard InChI is InChI=1S/C13H13ClN4O2/c14-10-3-5-16-11-7-8(1-2-9(10)11)13(20)12(19)4-6-17-18-15/h1-3,5,7,12-13,19-20H,4,6H2. The highest BCUT2D eigenvalue weighted by Gasteiger charge is 2.18. The average Bonchev–Trinajstić information content (AvgIpc) is 2.46. The van der Waals surface area contributed by atoms with Gasteiger partial charge in [-0.25, -0.2) is 0 Å². The summed E-state index contributed by atoms with van der Waals surface area (Å²) in [5.41, 5.74) is 9.36. The first kappa shape index (κ1) is 14.6. The molecular weight excluding hydrogens is 280 g/mol. The van der Waals surface area contributed by atoms with E-state index in [1.54, 1.807) is 30.5 Å². The Labute approximate surface area is 120 Å². The van der Waals surface area contributed by atoms with Crippen LogP contribution in [0.5, 0.6) is 0 Å². The molecule has 2 aromatic rings. The maximum absolute atomic E-state index is 10.1. The van der Waals surface area contributed by atoms with Gasteiger partial charge in [-0.1, -0.05) is 28.8 Å². The number of benzene rings is 1. The van der Waals surface area contributed by atoms with Crippen molar-refractivity contribution in [3.05, 3.63) is 51.5 Å². The number of rotatable bonds is 5. The molecule has 0 saturated carbocycles. The van der Waals surface area contributed by atoms with Crippen LogP contribution >= 0.6 is 11.6 Å². The maximum Gasteiger partial charge on any atom is 0.105 e. The molecule has 0 spiro atoms. The summed E-state index contributed by atoms with van der Waals surface area (Å²) in [5, 5.41) is 24.6. The minimum atomic E-state index is -1.06. The van der Waals surface area contributed by atoms with E-state index in [1.807, 2.05) is 0 Å². The molecule has 0 aliphatic rings. The maximum atomic E-state index is 10.1. The Morgan fingerprint density at radius 1 is 1.35 bits per heavy atom. The zero-order valence-electron chi connectivity index (χ0n) is 10.5. The molecule has 6 nitrogen and oxygen atoms in total. The van der Waals surface area contributed by atoms with Crippen LogP contribution in [0.4, 0.5) is 0 Å². The number of hydrogen-bond donors (Lipinski definition) is 2. The van der Waals surface area contributed by atoms with Gasteiger partial charge in [-0.05, 0) is 29.6 Å². The highest BCUT2D eigenvalue weighted by Crippen LogP contribution is 2.26. The van der Waals surface area contributed by atoms with Gasteiger partial charge in [0.25, 0.3) is 0 Å². The lowest BCUT2D eigenvalue weighted by molar-refractivity contribution is 0.0151. The van der Waals surface area contributed by atoms with Gasteiger partial charge in [0.15, 0.2) is 0 Å². The lowest BCUT2D eigenvalue weighted by Gasteiger charge is -2.17. The fourth-order valence-corrected chi connectivity index (χ4v) is 2.15. The molecule has 1 heterocycles. The van der Waals surface area contributed by atoms with Crippen LogP contribution in [0.2, 0.25) is 5.02 Å². The normalized spacial score (nSPS) is 13.8. The molecule has 0 aliphatic heterocycles. The van der Waals surface area contributed by atoms with Crippen LogP contribution in [0.15, 0.2) is 35.6 Å². The van der Waals surface area contributed by atoms with Crippen molar-refractivity contribution in [1.29, 1.82) is 0 Å². The zero-order chi connectivity index (χ0) is 14.5. The lowest BCUT2D eigenvalue weighted by atomic mass is 10.0. The molecule has 1 aromatic carbocycles. The molecule has 7 heteroatoms. The van der Waals surface area contributed by atoms with Crippen molar-refractivity contribution in [2.24, 2.45) is 5.11 Å². The van der Waals surface area contributed by atoms with Gasteiger partial charge in [-0.3, -0.25) is 4.98 Å². The highest BCUT2D eigenvalue weighted by molar-refractivity contribution is 6.35. The Balaban J connectivity index is 2.21. The van der Waals surface area contributed by atoms with Gasteiger partial charge in [-0.15, -0.1) is 0 Å². The topological polar surface area (TPSA) is 102 Å². The molecule has 0 bridgehead atoms. The van der Waals surface area contributed by atoms with Gasteiger partial charge in [0.2, 0.25) is 0 Å².